The summed E-state index contributed by atoms with van der Waals surface area (Å²) in [4.78, 5) is 12.8. The summed E-state index contributed by atoms with van der Waals surface area (Å²) in [7, 11) is -3.08. The molecule has 0 saturated heterocycles. The molecule has 0 radical (unpaired) electrons. The van der Waals surface area contributed by atoms with E-state index in [1.54, 1.807) is 6.20 Å². The fourth-order valence-electron chi connectivity index (χ4n) is 5.38. The third-order valence-electron chi connectivity index (χ3n) is 7.22. The first-order valence-electron chi connectivity index (χ1n) is 14.3. The monoisotopic (exact) mass is 612 g/mol. The molecule has 2 heterocycles. The number of benzene rings is 2. The van der Waals surface area contributed by atoms with Crippen molar-refractivity contribution in [3.8, 4) is 0 Å². The van der Waals surface area contributed by atoms with Crippen molar-refractivity contribution in [3.63, 3.8) is 0 Å². The molecule has 4 rings (SSSR count). The number of rotatable bonds is 10. The van der Waals surface area contributed by atoms with Crippen LogP contribution in [-0.2, 0) is 15.6 Å². The van der Waals surface area contributed by atoms with Crippen molar-refractivity contribution in [1.29, 1.82) is 0 Å². The molecule has 0 aliphatic heterocycles. The van der Waals surface area contributed by atoms with Gasteiger partial charge in [0.15, 0.2) is 0 Å². The minimum atomic E-state index is -3.10. The van der Waals surface area contributed by atoms with Gasteiger partial charge in [-0.3, -0.25) is 4.57 Å². The Bertz CT molecular complexity index is 1430. The van der Waals surface area contributed by atoms with Crippen LogP contribution in [0.5, 0.6) is 0 Å². The molecule has 0 spiro atoms. The molecule has 226 valence electrons. The van der Waals surface area contributed by atoms with Crippen molar-refractivity contribution < 1.29 is 22.7 Å². The highest BCUT2D eigenvalue weighted by Crippen LogP contribution is 2.37. The zero-order valence-corrected chi connectivity index (χ0v) is 27.4. The van der Waals surface area contributed by atoms with Crippen LogP contribution in [0.15, 0.2) is 78.3 Å². The molecule has 4 aromatic rings. The number of thiophene rings is 1. The van der Waals surface area contributed by atoms with Crippen molar-refractivity contribution in [2.45, 2.75) is 77.5 Å². The standard InChI is InChI=1S/C33H42F2N2O3SSi/c1-24(20-25-21-37(28-18-19-41-29(25)28)30(38)40-31(2,3)4)36-22-33(34,35)23-39-42(32(5,6)7,26-14-10-8-11-15-26)27-16-12-9-13-17-27/h8-19,21,24,36H,20,22-23H2,1-7H3. The van der Waals surface area contributed by atoms with Crippen LogP contribution < -0.4 is 15.7 Å². The van der Waals surface area contributed by atoms with E-state index < -0.39 is 39.1 Å². The summed E-state index contributed by atoms with van der Waals surface area (Å²) < 4.78 is 45.5. The number of aromatic nitrogens is 1. The fourth-order valence-corrected chi connectivity index (χ4v) is 10.9. The van der Waals surface area contributed by atoms with Crippen LogP contribution in [0.1, 0.15) is 54.0 Å². The number of fused-ring (bicyclic) bond motifs is 1. The van der Waals surface area contributed by atoms with Crippen LogP contribution in [0.3, 0.4) is 0 Å². The number of hydrogen-bond acceptors (Lipinski definition) is 5. The molecule has 42 heavy (non-hydrogen) atoms. The van der Waals surface area contributed by atoms with E-state index >= 15 is 8.78 Å². The second-order valence-corrected chi connectivity index (χ2v) is 18.2. The molecule has 1 unspecified atom stereocenters. The number of nitrogens with zero attached hydrogens (tertiary/aromatic N) is 1. The van der Waals surface area contributed by atoms with E-state index in [1.165, 1.54) is 15.9 Å². The van der Waals surface area contributed by atoms with Crippen LogP contribution >= 0.6 is 11.3 Å². The van der Waals surface area contributed by atoms with Gasteiger partial charge in [0.05, 0.1) is 23.4 Å². The molecular formula is C33H42F2N2O3SSi. The lowest BCUT2D eigenvalue weighted by Gasteiger charge is -2.43. The van der Waals surface area contributed by atoms with Crippen LogP contribution in [0.25, 0.3) is 10.2 Å². The third-order valence-corrected chi connectivity index (χ3v) is 13.2. The second kappa shape index (κ2) is 12.4. The zero-order chi connectivity index (χ0) is 30.8. The van der Waals surface area contributed by atoms with Gasteiger partial charge in [-0.05, 0) is 66.5 Å². The third kappa shape index (κ3) is 7.19. The molecule has 5 nitrogen and oxygen atoms in total. The maximum absolute atomic E-state index is 15.5. The Morgan fingerprint density at radius 3 is 2.05 bits per heavy atom. The number of ether oxygens (including phenoxy) is 1. The topological polar surface area (TPSA) is 52.5 Å². The van der Waals surface area contributed by atoms with E-state index in [1.807, 2.05) is 99.8 Å². The van der Waals surface area contributed by atoms with Crippen molar-refractivity contribution in [3.05, 3.63) is 83.9 Å². The molecule has 9 heteroatoms. The number of nitrogens with one attached hydrogen (secondary N) is 1. The molecule has 2 aromatic carbocycles. The van der Waals surface area contributed by atoms with Gasteiger partial charge >= 0.3 is 6.09 Å². The van der Waals surface area contributed by atoms with Gasteiger partial charge < -0.3 is 14.5 Å². The first kappa shape index (κ1) is 32.1. The minimum absolute atomic E-state index is 0.261. The van der Waals surface area contributed by atoms with Gasteiger partial charge in [-0.15, -0.1) is 11.3 Å². The summed E-state index contributed by atoms with van der Waals surface area (Å²) in [5.41, 5.74) is 1.05. The summed E-state index contributed by atoms with van der Waals surface area (Å²) in [6, 6.07) is 21.2. The van der Waals surface area contributed by atoms with E-state index in [-0.39, 0.29) is 11.1 Å². The summed E-state index contributed by atoms with van der Waals surface area (Å²) in [5.74, 6) is -3.10. The summed E-state index contributed by atoms with van der Waals surface area (Å²) in [6.45, 7) is 12.4. The van der Waals surface area contributed by atoms with Crippen molar-refractivity contribution >= 4 is 46.3 Å². The van der Waals surface area contributed by atoms with E-state index in [0.29, 0.717) is 6.42 Å². The van der Waals surface area contributed by atoms with Crippen molar-refractivity contribution in [1.82, 2.24) is 9.88 Å². The van der Waals surface area contributed by atoms with Gasteiger partial charge in [-0.25, -0.2) is 13.6 Å². The van der Waals surface area contributed by atoms with Gasteiger partial charge in [0.1, 0.15) is 5.60 Å². The van der Waals surface area contributed by atoms with E-state index in [2.05, 4.69) is 26.1 Å². The molecular weight excluding hydrogens is 571 g/mol. The van der Waals surface area contributed by atoms with Crippen LogP contribution in [0.2, 0.25) is 5.04 Å². The number of carbonyl (C=O) groups is 1. The van der Waals surface area contributed by atoms with Crippen molar-refractivity contribution in [2.24, 2.45) is 0 Å². The van der Waals surface area contributed by atoms with Gasteiger partial charge in [0.2, 0.25) is 0 Å². The Morgan fingerprint density at radius 1 is 0.952 bits per heavy atom. The zero-order valence-electron chi connectivity index (χ0n) is 25.5. The lowest BCUT2D eigenvalue weighted by Crippen LogP contribution is -2.67. The SMILES string of the molecule is CC(Cc1cn(C(=O)OC(C)(C)C)c2ccsc12)NCC(F)(F)CO[Si](c1ccccc1)(c1ccccc1)C(C)(C)C. The van der Waals surface area contributed by atoms with E-state index in [9.17, 15) is 4.79 Å². The number of halogens is 2. The highest BCUT2D eigenvalue weighted by atomic mass is 32.1. The number of carbonyl (C=O) groups excluding carboxylic acids is 1. The second-order valence-electron chi connectivity index (χ2n) is 12.9. The highest BCUT2D eigenvalue weighted by molar-refractivity contribution is 7.17. The Morgan fingerprint density at radius 2 is 1.52 bits per heavy atom. The largest absolute Gasteiger partial charge is 0.443 e. The Kier molecular flexibility index (Phi) is 9.47. The van der Waals surface area contributed by atoms with E-state index in [4.69, 9.17) is 9.16 Å². The van der Waals surface area contributed by atoms with Crippen LogP contribution in [0.4, 0.5) is 13.6 Å². The van der Waals surface area contributed by atoms with Crippen LogP contribution in [-0.4, -0.2) is 49.7 Å². The molecule has 0 fully saturated rings. The Labute approximate surface area is 253 Å². The normalized spacial score (nSPS) is 13.8. The lowest BCUT2D eigenvalue weighted by molar-refractivity contribution is -0.0433. The van der Waals surface area contributed by atoms with Crippen molar-refractivity contribution in [2.75, 3.05) is 13.2 Å². The quantitative estimate of drug-likeness (QED) is 0.192. The fraction of sp³-hybridized carbons (Fsp3) is 0.424. The summed E-state index contributed by atoms with van der Waals surface area (Å²) >= 11 is 1.52. The maximum Gasteiger partial charge on any atom is 0.419 e. The number of alkyl halides is 2. The molecule has 1 atom stereocenters. The summed E-state index contributed by atoms with van der Waals surface area (Å²) in [5, 5.41) is 6.49. The van der Waals surface area contributed by atoms with Gasteiger partial charge in [0, 0.05) is 12.2 Å². The average molecular weight is 613 g/mol. The molecule has 0 amide bonds. The molecule has 0 aliphatic rings. The predicted molar refractivity (Wildman–Crippen MR) is 171 cm³/mol. The lowest BCUT2D eigenvalue weighted by atomic mass is 10.1. The molecule has 0 saturated carbocycles. The predicted octanol–water partition coefficient (Wildman–Crippen LogP) is 7.22. The smallest absolute Gasteiger partial charge is 0.419 e. The Balaban J connectivity index is 1.48. The summed E-state index contributed by atoms with van der Waals surface area (Å²) in [6.07, 6.45) is 1.79. The molecule has 0 aliphatic carbocycles. The van der Waals surface area contributed by atoms with E-state index in [0.717, 1.165) is 26.2 Å². The van der Waals surface area contributed by atoms with Gasteiger partial charge in [-0.2, -0.15) is 0 Å². The molecule has 2 aromatic heterocycles. The molecule has 1 N–H and O–H groups in total. The van der Waals surface area contributed by atoms with Gasteiger partial charge in [0.25, 0.3) is 14.2 Å². The van der Waals surface area contributed by atoms with Crippen LogP contribution in [0, 0.1) is 0 Å². The average Bonchev–Trinajstić information content (AvgIpc) is 3.51. The first-order valence-corrected chi connectivity index (χ1v) is 17.1. The highest BCUT2D eigenvalue weighted by Gasteiger charge is 2.51. The minimum Gasteiger partial charge on any atom is -0.443 e. The molecule has 0 bridgehead atoms. The maximum atomic E-state index is 15.5. The first-order chi connectivity index (χ1) is 19.6. The van der Waals surface area contributed by atoms with Gasteiger partial charge in [-0.1, -0.05) is 81.4 Å². The Hall–Kier alpha value is -2.85. The number of hydrogen-bond donors (Lipinski definition) is 1.